The molecule has 0 saturated heterocycles. The number of benzene rings is 1. The fourth-order valence-electron chi connectivity index (χ4n) is 4.68. The van der Waals surface area contributed by atoms with Crippen molar-refractivity contribution < 1.29 is 13.5 Å². The molecule has 1 nitrogen and oxygen atoms in total. The first-order chi connectivity index (χ1) is 11.1. The lowest BCUT2D eigenvalue weighted by Crippen LogP contribution is -2.25. The SMILES string of the molecule is C.COc1ccc(C2CCC(C3CCC(C)CC3)CC2)c(F)c1F. The molecule has 2 saturated carbocycles. The third-order valence-electron chi connectivity index (χ3n) is 6.24. The van der Waals surface area contributed by atoms with E-state index in [0.717, 1.165) is 43.4 Å². The molecule has 24 heavy (non-hydrogen) atoms. The molecule has 0 bridgehead atoms. The van der Waals surface area contributed by atoms with Crippen LogP contribution in [0.1, 0.15) is 77.2 Å². The minimum Gasteiger partial charge on any atom is -0.494 e. The second kappa shape index (κ2) is 8.31. The van der Waals surface area contributed by atoms with Gasteiger partial charge >= 0.3 is 0 Å². The first-order valence-electron chi connectivity index (χ1n) is 9.12. The molecule has 1 aromatic rings. The largest absolute Gasteiger partial charge is 0.494 e. The Bertz CT molecular complexity index is 527. The molecule has 136 valence electrons. The highest BCUT2D eigenvalue weighted by molar-refractivity contribution is 5.33. The zero-order valence-corrected chi connectivity index (χ0v) is 14.3. The highest BCUT2D eigenvalue weighted by Crippen LogP contribution is 2.44. The summed E-state index contributed by atoms with van der Waals surface area (Å²) in [6.07, 6.45) is 9.75. The van der Waals surface area contributed by atoms with Crippen molar-refractivity contribution in [2.45, 2.75) is 71.6 Å². The normalized spacial score (nSPS) is 30.5. The third kappa shape index (κ3) is 3.92. The smallest absolute Gasteiger partial charge is 0.200 e. The van der Waals surface area contributed by atoms with Crippen LogP contribution in [0.5, 0.6) is 5.75 Å². The Morgan fingerprint density at radius 1 is 0.833 bits per heavy atom. The Labute approximate surface area is 145 Å². The monoisotopic (exact) mass is 338 g/mol. The van der Waals surface area contributed by atoms with Crippen LogP contribution in [0.25, 0.3) is 0 Å². The number of halogens is 2. The van der Waals surface area contributed by atoms with Crippen LogP contribution in [0.3, 0.4) is 0 Å². The molecule has 2 aliphatic rings. The van der Waals surface area contributed by atoms with Gasteiger partial charge in [0.15, 0.2) is 11.6 Å². The number of hydrogen-bond donors (Lipinski definition) is 0. The standard InChI is InChI=1S/C20H28F2O.CH4/c1-13-3-5-14(6-4-13)15-7-9-16(10-8-15)17-11-12-18(23-2)20(22)19(17)21;/h11-16H,3-10H2,1-2H3;1H4. The molecule has 0 aliphatic heterocycles. The van der Waals surface area contributed by atoms with Crippen LogP contribution in [0.4, 0.5) is 8.78 Å². The predicted molar refractivity (Wildman–Crippen MR) is 95.5 cm³/mol. The topological polar surface area (TPSA) is 9.23 Å². The lowest BCUT2D eigenvalue weighted by molar-refractivity contribution is 0.164. The van der Waals surface area contributed by atoms with Gasteiger partial charge in [0.05, 0.1) is 7.11 Å². The summed E-state index contributed by atoms with van der Waals surface area (Å²) < 4.78 is 33.1. The number of hydrogen-bond acceptors (Lipinski definition) is 1. The first-order valence-corrected chi connectivity index (χ1v) is 9.12. The van der Waals surface area contributed by atoms with E-state index in [4.69, 9.17) is 4.74 Å². The van der Waals surface area contributed by atoms with Crippen LogP contribution in [0, 0.1) is 29.4 Å². The lowest BCUT2D eigenvalue weighted by Gasteiger charge is -2.37. The predicted octanol–water partition coefficient (Wildman–Crippen LogP) is 6.71. The van der Waals surface area contributed by atoms with E-state index in [1.807, 2.05) is 0 Å². The van der Waals surface area contributed by atoms with E-state index in [1.54, 1.807) is 12.1 Å². The van der Waals surface area contributed by atoms with E-state index in [-0.39, 0.29) is 19.1 Å². The fraction of sp³-hybridized carbons (Fsp3) is 0.714. The Kier molecular flexibility index (Phi) is 6.65. The van der Waals surface area contributed by atoms with Gasteiger partial charge in [-0.3, -0.25) is 0 Å². The molecule has 3 heteroatoms. The van der Waals surface area contributed by atoms with Crippen LogP contribution in [0.15, 0.2) is 12.1 Å². The van der Waals surface area contributed by atoms with Crippen molar-refractivity contribution in [3.05, 3.63) is 29.3 Å². The molecule has 3 rings (SSSR count). The van der Waals surface area contributed by atoms with Crippen molar-refractivity contribution in [3.63, 3.8) is 0 Å². The molecule has 2 aliphatic carbocycles. The maximum absolute atomic E-state index is 14.3. The van der Waals surface area contributed by atoms with Crippen molar-refractivity contribution in [2.24, 2.45) is 17.8 Å². The van der Waals surface area contributed by atoms with Crippen molar-refractivity contribution in [1.82, 2.24) is 0 Å². The van der Waals surface area contributed by atoms with Gasteiger partial charge in [0.1, 0.15) is 0 Å². The number of rotatable bonds is 3. The third-order valence-corrected chi connectivity index (χ3v) is 6.24. The summed E-state index contributed by atoms with van der Waals surface area (Å²) in [7, 11) is 1.37. The van der Waals surface area contributed by atoms with E-state index < -0.39 is 11.6 Å². The molecule has 0 heterocycles. The average Bonchev–Trinajstić information content (AvgIpc) is 2.58. The van der Waals surface area contributed by atoms with Crippen molar-refractivity contribution >= 4 is 0 Å². The molecule has 0 amide bonds. The molecule has 0 atom stereocenters. The van der Waals surface area contributed by atoms with Crippen LogP contribution < -0.4 is 4.74 Å². The molecule has 0 spiro atoms. The highest BCUT2D eigenvalue weighted by atomic mass is 19.2. The van der Waals surface area contributed by atoms with Crippen LogP contribution in [-0.2, 0) is 0 Å². The molecular weight excluding hydrogens is 306 g/mol. The van der Waals surface area contributed by atoms with Gasteiger partial charge in [-0.25, -0.2) is 4.39 Å². The quantitative estimate of drug-likeness (QED) is 0.595. The van der Waals surface area contributed by atoms with Gasteiger partial charge in [-0.05, 0) is 73.8 Å². The summed E-state index contributed by atoms with van der Waals surface area (Å²) in [5, 5.41) is 0. The van der Waals surface area contributed by atoms with Gasteiger partial charge in [-0.1, -0.05) is 33.3 Å². The van der Waals surface area contributed by atoms with E-state index in [2.05, 4.69) is 6.92 Å². The summed E-state index contributed by atoms with van der Waals surface area (Å²) in [5.74, 6) is 1.16. The summed E-state index contributed by atoms with van der Waals surface area (Å²) in [4.78, 5) is 0. The Balaban J connectivity index is 0.00000208. The second-order valence-electron chi connectivity index (χ2n) is 7.62. The molecule has 1 aromatic carbocycles. The van der Waals surface area contributed by atoms with Crippen LogP contribution in [-0.4, -0.2) is 7.11 Å². The maximum Gasteiger partial charge on any atom is 0.200 e. The molecular formula is C21H32F2O. The number of methoxy groups -OCH3 is 1. The highest BCUT2D eigenvalue weighted by Gasteiger charge is 2.31. The van der Waals surface area contributed by atoms with Gasteiger partial charge < -0.3 is 4.74 Å². The van der Waals surface area contributed by atoms with E-state index in [0.29, 0.717) is 5.56 Å². The van der Waals surface area contributed by atoms with Gasteiger partial charge in [-0.15, -0.1) is 0 Å². The Hall–Kier alpha value is -1.12. The summed E-state index contributed by atoms with van der Waals surface area (Å²) in [6.45, 7) is 2.36. The summed E-state index contributed by atoms with van der Waals surface area (Å²) >= 11 is 0. The second-order valence-corrected chi connectivity index (χ2v) is 7.62. The molecule has 0 N–H and O–H groups in total. The molecule has 0 aromatic heterocycles. The average molecular weight is 338 g/mol. The van der Waals surface area contributed by atoms with Gasteiger partial charge in [0.25, 0.3) is 0 Å². The lowest BCUT2D eigenvalue weighted by atomic mass is 9.68. The Morgan fingerprint density at radius 2 is 1.38 bits per heavy atom. The van der Waals surface area contributed by atoms with Crippen molar-refractivity contribution in [1.29, 1.82) is 0 Å². The van der Waals surface area contributed by atoms with Crippen molar-refractivity contribution in [3.8, 4) is 5.75 Å². The molecule has 0 unspecified atom stereocenters. The Morgan fingerprint density at radius 3 is 1.92 bits per heavy atom. The minimum atomic E-state index is -0.839. The van der Waals surface area contributed by atoms with Gasteiger partial charge in [0, 0.05) is 0 Å². The van der Waals surface area contributed by atoms with E-state index >= 15 is 0 Å². The number of ether oxygens (including phenoxy) is 1. The zero-order chi connectivity index (χ0) is 16.4. The maximum atomic E-state index is 14.3. The molecule has 0 radical (unpaired) electrons. The van der Waals surface area contributed by atoms with Gasteiger partial charge in [-0.2, -0.15) is 4.39 Å². The van der Waals surface area contributed by atoms with Crippen LogP contribution >= 0.6 is 0 Å². The van der Waals surface area contributed by atoms with E-state index in [9.17, 15) is 8.78 Å². The fourth-order valence-corrected chi connectivity index (χ4v) is 4.68. The van der Waals surface area contributed by atoms with Crippen LogP contribution in [0.2, 0.25) is 0 Å². The molecule has 2 fully saturated rings. The minimum absolute atomic E-state index is 0. The van der Waals surface area contributed by atoms with Crippen molar-refractivity contribution in [2.75, 3.05) is 7.11 Å². The zero-order valence-electron chi connectivity index (χ0n) is 14.3. The first kappa shape index (κ1) is 19.2. The van der Waals surface area contributed by atoms with Gasteiger partial charge in [0.2, 0.25) is 5.82 Å². The van der Waals surface area contributed by atoms with E-state index in [1.165, 1.54) is 32.8 Å². The summed E-state index contributed by atoms with van der Waals surface area (Å²) in [5.41, 5.74) is 0.541. The summed E-state index contributed by atoms with van der Waals surface area (Å²) in [6, 6.07) is 3.27.